The average molecular weight is 136 g/mol. The second-order valence-electron chi connectivity index (χ2n) is 1.28. The number of hydrogen-bond acceptors (Lipinski definition) is 3. The van der Waals surface area contributed by atoms with Crippen LogP contribution in [0.3, 0.4) is 0 Å². The minimum atomic E-state index is -1.12. The van der Waals surface area contributed by atoms with Crippen LogP contribution in [-0.4, -0.2) is 28.3 Å². The van der Waals surface area contributed by atoms with Crippen LogP contribution in [0.15, 0.2) is 0 Å². The summed E-state index contributed by atoms with van der Waals surface area (Å²) in [5, 5.41) is 23.7. The van der Waals surface area contributed by atoms with Gasteiger partial charge in [-0.15, -0.1) is 11.6 Å². The van der Waals surface area contributed by atoms with E-state index in [1.54, 1.807) is 6.07 Å². The van der Waals surface area contributed by atoms with Crippen molar-refractivity contribution in [3.05, 3.63) is 0 Å². The van der Waals surface area contributed by atoms with Crippen LogP contribution in [0.2, 0.25) is 0 Å². The zero-order chi connectivity index (χ0) is 6.57. The van der Waals surface area contributed by atoms with Crippen LogP contribution in [0.1, 0.15) is 0 Å². The van der Waals surface area contributed by atoms with Gasteiger partial charge in [-0.05, 0) is 0 Å². The monoisotopic (exact) mass is 135 g/mol. The summed E-state index contributed by atoms with van der Waals surface area (Å²) < 4.78 is 0. The summed E-state index contributed by atoms with van der Waals surface area (Å²) in [7, 11) is 0. The molecule has 2 N–H and O–H groups in total. The van der Waals surface area contributed by atoms with E-state index in [0.29, 0.717) is 0 Å². The summed E-state index contributed by atoms with van der Waals surface area (Å²) in [4.78, 5) is 0. The molecule has 0 spiro atoms. The Kier molecular flexibility index (Phi) is 3.53. The second kappa shape index (κ2) is 3.67. The van der Waals surface area contributed by atoms with Gasteiger partial charge in [-0.1, -0.05) is 0 Å². The van der Waals surface area contributed by atoms with Gasteiger partial charge in [0.2, 0.25) is 0 Å². The molecule has 3 nitrogen and oxygen atoms in total. The zero-order valence-corrected chi connectivity index (χ0v) is 4.84. The number of alkyl halides is 1. The lowest BCUT2D eigenvalue weighted by molar-refractivity contribution is 0.101. The molecular weight excluding hydrogens is 130 g/mol. The van der Waals surface area contributed by atoms with E-state index >= 15 is 0 Å². The molecule has 0 aromatic carbocycles. The van der Waals surface area contributed by atoms with Crippen molar-refractivity contribution in [2.45, 2.75) is 11.5 Å². The van der Waals surface area contributed by atoms with E-state index in [1.165, 1.54) is 0 Å². The molecule has 0 aliphatic rings. The van der Waals surface area contributed by atoms with E-state index in [4.69, 9.17) is 27.1 Å². The van der Waals surface area contributed by atoms with Gasteiger partial charge < -0.3 is 10.2 Å². The van der Waals surface area contributed by atoms with E-state index in [2.05, 4.69) is 0 Å². The molecule has 0 heterocycles. The molecule has 0 unspecified atom stereocenters. The van der Waals surface area contributed by atoms with Crippen molar-refractivity contribution in [3.8, 4) is 6.07 Å². The number of nitrogens with zero attached hydrogens (tertiary/aromatic N) is 1. The van der Waals surface area contributed by atoms with Gasteiger partial charge in [0.05, 0.1) is 12.7 Å². The third-order valence-corrected chi connectivity index (χ3v) is 1.04. The molecule has 0 bridgehead atoms. The maximum Gasteiger partial charge on any atom is 0.148 e. The highest BCUT2D eigenvalue weighted by molar-refractivity contribution is 6.22. The van der Waals surface area contributed by atoms with Crippen LogP contribution >= 0.6 is 11.6 Å². The molecule has 0 radical (unpaired) electrons. The summed E-state index contributed by atoms with van der Waals surface area (Å²) in [5.41, 5.74) is 0. The van der Waals surface area contributed by atoms with E-state index in [-0.39, 0.29) is 0 Å². The molecule has 2 atom stereocenters. The van der Waals surface area contributed by atoms with Crippen LogP contribution in [0, 0.1) is 11.3 Å². The minimum absolute atomic E-state index is 0.471. The summed E-state index contributed by atoms with van der Waals surface area (Å²) in [6, 6.07) is 1.57. The number of hydrogen-bond donors (Lipinski definition) is 2. The number of nitriles is 1. The molecule has 0 aliphatic carbocycles. The molecule has 0 aromatic heterocycles. The molecule has 0 fully saturated rings. The predicted octanol–water partition coefficient (Wildman–Crippen LogP) is -0.529. The molecule has 4 heteroatoms. The van der Waals surface area contributed by atoms with Gasteiger partial charge in [0.25, 0.3) is 0 Å². The Morgan fingerprint density at radius 3 is 2.38 bits per heavy atom. The summed E-state index contributed by atoms with van der Waals surface area (Å²) >= 11 is 5.14. The molecule has 8 heavy (non-hydrogen) atoms. The number of aliphatic hydroxyl groups is 2. The van der Waals surface area contributed by atoms with Crippen molar-refractivity contribution >= 4 is 11.6 Å². The van der Waals surface area contributed by atoms with E-state index in [9.17, 15) is 0 Å². The van der Waals surface area contributed by atoms with Crippen LogP contribution < -0.4 is 0 Å². The SMILES string of the molecule is N#C[C@H](Cl)[C@@H](O)CO. The summed E-state index contributed by atoms with van der Waals surface area (Å²) in [5.74, 6) is 0. The molecule has 0 aromatic rings. The molecule has 0 saturated heterocycles. The van der Waals surface area contributed by atoms with Gasteiger partial charge in [-0.2, -0.15) is 5.26 Å². The van der Waals surface area contributed by atoms with Gasteiger partial charge in [0.15, 0.2) is 0 Å². The lowest BCUT2D eigenvalue weighted by Crippen LogP contribution is -2.22. The van der Waals surface area contributed by atoms with Gasteiger partial charge in [-0.3, -0.25) is 0 Å². The van der Waals surface area contributed by atoms with Gasteiger partial charge in [0.1, 0.15) is 11.5 Å². The molecule has 0 amide bonds. The van der Waals surface area contributed by atoms with Crippen LogP contribution in [0.25, 0.3) is 0 Å². The third-order valence-electron chi connectivity index (χ3n) is 0.648. The lowest BCUT2D eigenvalue weighted by Gasteiger charge is -2.04. The average Bonchev–Trinajstić information content (AvgIpc) is 1.84. The van der Waals surface area contributed by atoms with Gasteiger partial charge in [0, 0.05) is 0 Å². The fourth-order valence-electron chi connectivity index (χ4n) is 0.179. The van der Waals surface area contributed by atoms with Crippen molar-refractivity contribution in [1.82, 2.24) is 0 Å². The summed E-state index contributed by atoms with van der Waals surface area (Å²) in [6.07, 6.45) is -1.12. The standard InChI is InChI=1S/C4H6ClNO2/c5-3(1-6)4(8)2-7/h3-4,7-8H,2H2/t3-,4-/m0/s1. The normalized spacial score (nSPS) is 16.8. The van der Waals surface area contributed by atoms with E-state index in [1.807, 2.05) is 0 Å². The predicted molar refractivity (Wildman–Crippen MR) is 28.3 cm³/mol. The van der Waals surface area contributed by atoms with Gasteiger partial charge >= 0.3 is 0 Å². The maximum absolute atomic E-state index is 8.52. The molecule has 0 aliphatic heterocycles. The zero-order valence-electron chi connectivity index (χ0n) is 4.08. The van der Waals surface area contributed by atoms with Crippen LogP contribution in [-0.2, 0) is 0 Å². The Bertz CT molecular complexity index is 101. The number of halogens is 1. The molecule has 0 rings (SSSR count). The number of rotatable bonds is 2. The Morgan fingerprint density at radius 1 is 1.75 bits per heavy atom. The van der Waals surface area contributed by atoms with Crippen molar-refractivity contribution in [1.29, 1.82) is 5.26 Å². The first-order valence-corrected chi connectivity index (χ1v) is 2.48. The van der Waals surface area contributed by atoms with E-state index in [0.717, 1.165) is 0 Å². The minimum Gasteiger partial charge on any atom is -0.394 e. The highest BCUT2D eigenvalue weighted by Crippen LogP contribution is 1.98. The Balaban J connectivity index is 3.49. The van der Waals surface area contributed by atoms with Crippen molar-refractivity contribution in [2.75, 3.05) is 6.61 Å². The molecular formula is C4H6ClNO2. The Labute approximate surface area is 52.1 Å². The first kappa shape index (κ1) is 7.70. The fraction of sp³-hybridized carbons (Fsp3) is 0.750. The van der Waals surface area contributed by atoms with Crippen molar-refractivity contribution in [3.63, 3.8) is 0 Å². The fourth-order valence-corrected chi connectivity index (χ4v) is 0.258. The number of aliphatic hydroxyl groups excluding tert-OH is 2. The van der Waals surface area contributed by atoms with Crippen LogP contribution in [0.4, 0.5) is 0 Å². The van der Waals surface area contributed by atoms with Crippen LogP contribution in [0.5, 0.6) is 0 Å². The first-order chi connectivity index (χ1) is 3.72. The quantitative estimate of drug-likeness (QED) is 0.501. The second-order valence-corrected chi connectivity index (χ2v) is 1.75. The topological polar surface area (TPSA) is 64.2 Å². The van der Waals surface area contributed by atoms with Crippen molar-refractivity contribution in [2.24, 2.45) is 0 Å². The highest BCUT2D eigenvalue weighted by Gasteiger charge is 2.12. The Morgan fingerprint density at radius 2 is 2.25 bits per heavy atom. The lowest BCUT2D eigenvalue weighted by atomic mass is 10.3. The Hall–Kier alpha value is -0.300. The molecule has 46 valence electrons. The summed E-state index contributed by atoms with van der Waals surface area (Å²) in [6.45, 7) is -0.471. The first-order valence-electron chi connectivity index (χ1n) is 2.05. The maximum atomic E-state index is 8.52. The highest BCUT2D eigenvalue weighted by atomic mass is 35.5. The largest absolute Gasteiger partial charge is 0.394 e. The third kappa shape index (κ3) is 2.12. The smallest absolute Gasteiger partial charge is 0.148 e. The molecule has 0 saturated carbocycles. The van der Waals surface area contributed by atoms with E-state index < -0.39 is 18.1 Å². The van der Waals surface area contributed by atoms with Crippen molar-refractivity contribution < 1.29 is 10.2 Å². The van der Waals surface area contributed by atoms with Gasteiger partial charge in [-0.25, -0.2) is 0 Å².